The van der Waals surface area contributed by atoms with Gasteiger partial charge in [-0.15, -0.1) is 0 Å². The van der Waals surface area contributed by atoms with Gasteiger partial charge >= 0.3 is 0 Å². The lowest BCUT2D eigenvalue weighted by atomic mass is 10.1. The second-order valence-corrected chi connectivity index (χ2v) is 6.41. The Kier molecular flexibility index (Phi) is 12.6. The Balaban J connectivity index is 2.36. The summed E-state index contributed by atoms with van der Waals surface area (Å²) in [6, 6.07) is 5.75. The number of hydrogen-bond donors (Lipinski definition) is 2. The molecule has 0 saturated heterocycles. The maximum Gasteiger partial charge on any atom is 0.115 e. The van der Waals surface area contributed by atoms with E-state index in [0.29, 0.717) is 5.69 Å². The van der Waals surface area contributed by atoms with Gasteiger partial charge in [0.05, 0.1) is 5.69 Å². The highest BCUT2D eigenvalue weighted by atomic mass is 16.3. The summed E-state index contributed by atoms with van der Waals surface area (Å²) in [4.78, 5) is 4.47. The van der Waals surface area contributed by atoms with Crippen LogP contribution in [0.2, 0.25) is 0 Å². The Bertz CT molecular complexity index is 542. The first-order valence-electron chi connectivity index (χ1n) is 9.70. The van der Waals surface area contributed by atoms with Gasteiger partial charge in [-0.05, 0) is 56.2 Å². The van der Waals surface area contributed by atoms with Crippen molar-refractivity contribution in [3.05, 3.63) is 35.7 Å². The molecule has 0 radical (unpaired) electrons. The fourth-order valence-electron chi connectivity index (χ4n) is 2.54. The highest BCUT2D eigenvalue weighted by Gasteiger charge is 1.99. The quantitative estimate of drug-likeness (QED) is 0.426. The van der Waals surface area contributed by atoms with Crippen LogP contribution in [0.4, 0.5) is 0 Å². The number of aromatic nitrogens is 1. The number of aliphatic hydroxyl groups excluding tert-OH is 2. The molecule has 2 N–H and O–H groups in total. The SMILES string of the molecule is CCCCCCCCC(O)C#Cc1cccc(C=CCCCCO)n1. The van der Waals surface area contributed by atoms with Crippen LogP contribution in [0.1, 0.15) is 82.5 Å². The van der Waals surface area contributed by atoms with E-state index in [0.717, 1.165) is 37.8 Å². The average Bonchev–Trinajstić information content (AvgIpc) is 2.63. The summed E-state index contributed by atoms with van der Waals surface area (Å²) < 4.78 is 0. The second-order valence-electron chi connectivity index (χ2n) is 6.41. The predicted molar refractivity (Wildman–Crippen MR) is 105 cm³/mol. The van der Waals surface area contributed by atoms with Crippen molar-refractivity contribution in [3.8, 4) is 11.8 Å². The first-order chi connectivity index (χ1) is 12.3. The van der Waals surface area contributed by atoms with E-state index in [1.807, 2.05) is 24.3 Å². The largest absolute Gasteiger partial charge is 0.396 e. The molecule has 1 aromatic heterocycles. The first-order valence-corrected chi connectivity index (χ1v) is 9.70. The zero-order chi connectivity index (χ0) is 18.2. The molecule has 0 saturated carbocycles. The average molecular weight is 344 g/mol. The molecule has 1 atom stereocenters. The van der Waals surface area contributed by atoms with Gasteiger partial charge in [0.25, 0.3) is 0 Å². The summed E-state index contributed by atoms with van der Waals surface area (Å²) in [6.07, 6.45) is 14.3. The minimum Gasteiger partial charge on any atom is -0.396 e. The molecule has 0 aliphatic rings. The van der Waals surface area contributed by atoms with Gasteiger partial charge in [0.2, 0.25) is 0 Å². The summed E-state index contributed by atoms with van der Waals surface area (Å²) in [5.74, 6) is 5.88. The summed E-state index contributed by atoms with van der Waals surface area (Å²) >= 11 is 0. The van der Waals surface area contributed by atoms with Crippen LogP contribution in [0.3, 0.4) is 0 Å². The zero-order valence-electron chi connectivity index (χ0n) is 15.6. The lowest BCUT2D eigenvalue weighted by molar-refractivity contribution is 0.217. The summed E-state index contributed by atoms with van der Waals surface area (Å²) in [6.45, 7) is 2.47. The zero-order valence-corrected chi connectivity index (χ0v) is 15.6. The molecular weight excluding hydrogens is 310 g/mol. The molecule has 3 nitrogen and oxygen atoms in total. The highest BCUT2D eigenvalue weighted by Crippen LogP contribution is 2.08. The molecule has 0 aliphatic heterocycles. The van der Waals surface area contributed by atoms with Crippen molar-refractivity contribution in [3.63, 3.8) is 0 Å². The molecule has 0 amide bonds. The van der Waals surface area contributed by atoms with Gasteiger partial charge in [0.15, 0.2) is 0 Å². The van der Waals surface area contributed by atoms with Crippen LogP contribution in [-0.2, 0) is 0 Å². The van der Waals surface area contributed by atoms with E-state index in [-0.39, 0.29) is 6.61 Å². The van der Waals surface area contributed by atoms with Gasteiger partial charge in [-0.25, -0.2) is 4.98 Å². The molecule has 1 rings (SSSR count). The molecule has 1 unspecified atom stereocenters. The number of allylic oxidation sites excluding steroid dienone is 1. The van der Waals surface area contributed by atoms with Crippen LogP contribution in [0.5, 0.6) is 0 Å². The van der Waals surface area contributed by atoms with E-state index >= 15 is 0 Å². The van der Waals surface area contributed by atoms with Crippen molar-refractivity contribution in [2.24, 2.45) is 0 Å². The van der Waals surface area contributed by atoms with Crippen molar-refractivity contribution >= 4 is 6.08 Å². The van der Waals surface area contributed by atoms with Crippen LogP contribution in [-0.4, -0.2) is 27.9 Å². The molecule has 3 heteroatoms. The molecular formula is C22H33NO2. The Labute approximate surface area is 153 Å². The third-order valence-electron chi connectivity index (χ3n) is 4.04. The number of hydrogen-bond acceptors (Lipinski definition) is 3. The normalized spacial score (nSPS) is 12.1. The topological polar surface area (TPSA) is 53.4 Å². The summed E-state index contributed by atoms with van der Waals surface area (Å²) in [7, 11) is 0. The van der Waals surface area contributed by atoms with Gasteiger partial charge in [-0.2, -0.15) is 0 Å². The standard InChI is InChI=1S/C22H33NO2/c1-2-3-4-5-6-10-16-22(25)18-17-21-15-12-14-20(23-21)13-9-7-8-11-19-24/h9,12-15,22,24-25H,2-8,10-11,16,19H2,1H3. The maximum atomic E-state index is 9.97. The van der Waals surface area contributed by atoms with E-state index in [1.165, 1.54) is 32.1 Å². The number of unbranched alkanes of at least 4 members (excludes halogenated alkanes) is 7. The minimum atomic E-state index is -0.564. The third-order valence-corrected chi connectivity index (χ3v) is 4.04. The molecule has 138 valence electrons. The fraction of sp³-hybridized carbons (Fsp3) is 0.591. The Hall–Kier alpha value is -1.63. The highest BCUT2D eigenvalue weighted by molar-refractivity contribution is 5.46. The van der Waals surface area contributed by atoms with Gasteiger partial charge < -0.3 is 10.2 Å². The fourth-order valence-corrected chi connectivity index (χ4v) is 2.54. The molecule has 0 aromatic carbocycles. The number of pyridine rings is 1. The van der Waals surface area contributed by atoms with E-state index < -0.39 is 6.10 Å². The van der Waals surface area contributed by atoms with Crippen LogP contribution in [0, 0.1) is 11.8 Å². The molecule has 0 bridgehead atoms. The van der Waals surface area contributed by atoms with Crippen molar-refractivity contribution in [2.75, 3.05) is 6.61 Å². The number of rotatable bonds is 12. The summed E-state index contributed by atoms with van der Waals surface area (Å²) in [5.41, 5.74) is 1.57. The molecule has 25 heavy (non-hydrogen) atoms. The van der Waals surface area contributed by atoms with Gasteiger partial charge in [-0.1, -0.05) is 57.1 Å². The van der Waals surface area contributed by atoms with Crippen molar-refractivity contribution in [1.82, 2.24) is 4.98 Å². The van der Waals surface area contributed by atoms with E-state index in [9.17, 15) is 5.11 Å². The molecule has 0 spiro atoms. The lowest BCUT2D eigenvalue weighted by Crippen LogP contribution is -2.02. The second kappa shape index (κ2) is 14.7. The number of aliphatic hydroxyl groups is 2. The van der Waals surface area contributed by atoms with Crippen molar-refractivity contribution < 1.29 is 10.2 Å². The molecule has 1 aromatic rings. The van der Waals surface area contributed by atoms with Crippen LogP contribution in [0.25, 0.3) is 6.08 Å². The lowest BCUT2D eigenvalue weighted by Gasteiger charge is -2.03. The van der Waals surface area contributed by atoms with Crippen molar-refractivity contribution in [1.29, 1.82) is 0 Å². The Morgan fingerprint density at radius 2 is 1.88 bits per heavy atom. The minimum absolute atomic E-state index is 0.248. The van der Waals surface area contributed by atoms with Crippen molar-refractivity contribution in [2.45, 2.75) is 77.2 Å². The van der Waals surface area contributed by atoms with E-state index in [4.69, 9.17) is 5.11 Å². The van der Waals surface area contributed by atoms with Gasteiger partial charge in [0.1, 0.15) is 11.8 Å². The Morgan fingerprint density at radius 1 is 1.08 bits per heavy atom. The molecule has 0 fully saturated rings. The predicted octanol–water partition coefficient (Wildman–Crippen LogP) is 4.72. The third kappa shape index (κ3) is 11.5. The van der Waals surface area contributed by atoms with Gasteiger partial charge in [0, 0.05) is 6.61 Å². The monoisotopic (exact) mass is 343 g/mol. The van der Waals surface area contributed by atoms with Crippen LogP contribution in [0.15, 0.2) is 24.3 Å². The number of nitrogens with zero attached hydrogens (tertiary/aromatic N) is 1. The van der Waals surface area contributed by atoms with E-state index in [1.54, 1.807) is 0 Å². The first kappa shape index (κ1) is 21.4. The van der Waals surface area contributed by atoms with E-state index in [2.05, 4.69) is 29.8 Å². The van der Waals surface area contributed by atoms with Gasteiger partial charge in [-0.3, -0.25) is 0 Å². The van der Waals surface area contributed by atoms with Crippen LogP contribution >= 0.6 is 0 Å². The summed E-state index contributed by atoms with van der Waals surface area (Å²) in [5, 5.41) is 18.7. The molecule has 0 aliphatic carbocycles. The Morgan fingerprint density at radius 3 is 2.68 bits per heavy atom. The van der Waals surface area contributed by atoms with Crippen LogP contribution < -0.4 is 0 Å². The molecule has 1 heterocycles. The smallest absolute Gasteiger partial charge is 0.115 e. The maximum absolute atomic E-state index is 9.97.